The third kappa shape index (κ3) is 3.55. The van der Waals surface area contributed by atoms with E-state index in [0.29, 0.717) is 31.5 Å². The number of carbonyl (C=O) groups is 1. The van der Waals surface area contributed by atoms with Gasteiger partial charge in [-0.1, -0.05) is 5.16 Å². The Morgan fingerprint density at radius 2 is 2.04 bits per heavy atom. The van der Waals surface area contributed by atoms with Crippen molar-refractivity contribution in [1.29, 1.82) is 0 Å². The molecule has 0 aromatic carbocycles. The van der Waals surface area contributed by atoms with Gasteiger partial charge in [0.2, 0.25) is 11.8 Å². The highest BCUT2D eigenvalue weighted by Gasteiger charge is 2.40. The molecule has 23 heavy (non-hydrogen) atoms. The normalized spacial score (nSPS) is 28.7. The van der Waals surface area contributed by atoms with E-state index in [2.05, 4.69) is 15.5 Å². The van der Waals surface area contributed by atoms with Crippen molar-refractivity contribution in [2.24, 2.45) is 0 Å². The molecule has 0 bridgehead atoms. The van der Waals surface area contributed by atoms with Crippen LogP contribution in [-0.2, 0) is 19.8 Å². The van der Waals surface area contributed by atoms with Crippen LogP contribution in [0.4, 0.5) is 0 Å². The van der Waals surface area contributed by atoms with Gasteiger partial charge >= 0.3 is 0 Å². The van der Waals surface area contributed by atoms with Gasteiger partial charge in [-0.25, -0.2) is 0 Å². The maximum absolute atomic E-state index is 11.3. The van der Waals surface area contributed by atoms with Gasteiger partial charge in [0.1, 0.15) is 0 Å². The molecule has 2 heterocycles. The molecule has 2 aliphatic rings. The summed E-state index contributed by atoms with van der Waals surface area (Å²) in [4.78, 5) is 15.8. The van der Waals surface area contributed by atoms with E-state index in [9.17, 15) is 4.79 Å². The molecule has 3 rings (SSSR count). The highest BCUT2D eigenvalue weighted by molar-refractivity contribution is 5.73. The fourth-order valence-corrected chi connectivity index (χ4v) is 3.45. The molecule has 1 aromatic rings. The summed E-state index contributed by atoms with van der Waals surface area (Å²) in [5, 5.41) is 6.90. The van der Waals surface area contributed by atoms with Gasteiger partial charge in [0.15, 0.2) is 5.82 Å². The summed E-state index contributed by atoms with van der Waals surface area (Å²) in [5.41, 5.74) is -0.753. The molecule has 1 saturated carbocycles. The first kappa shape index (κ1) is 16.4. The number of hydrogen-bond acceptors (Lipinski definition) is 6. The molecule has 0 atom stereocenters. The van der Waals surface area contributed by atoms with E-state index in [1.165, 1.54) is 6.92 Å². The van der Waals surface area contributed by atoms with Crippen molar-refractivity contribution < 1.29 is 18.8 Å². The van der Waals surface area contributed by atoms with Crippen LogP contribution in [-0.4, -0.2) is 41.5 Å². The van der Waals surface area contributed by atoms with Crippen LogP contribution in [0.1, 0.15) is 64.1 Å². The lowest BCUT2D eigenvalue weighted by molar-refractivity contribution is -0.172. The first-order valence-corrected chi connectivity index (χ1v) is 8.25. The summed E-state index contributed by atoms with van der Waals surface area (Å²) in [6, 6.07) is 0. The Bertz CT molecular complexity index is 553. The van der Waals surface area contributed by atoms with Gasteiger partial charge in [0.05, 0.1) is 31.0 Å². The van der Waals surface area contributed by atoms with Crippen LogP contribution >= 0.6 is 0 Å². The minimum Gasteiger partial charge on any atom is -0.376 e. The van der Waals surface area contributed by atoms with Crippen molar-refractivity contribution in [1.82, 2.24) is 15.5 Å². The van der Waals surface area contributed by atoms with Crippen molar-refractivity contribution >= 4 is 5.91 Å². The fourth-order valence-electron chi connectivity index (χ4n) is 3.45. The lowest BCUT2D eigenvalue weighted by Gasteiger charge is -2.41. The van der Waals surface area contributed by atoms with Gasteiger partial charge in [0, 0.05) is 12.8 Å². The molecule has 1 saturated heterocycles. The Morgan fingerprint density at radius 1 is 1.30 bits per heavy atom. The number of nitrogens with zero attached hydrogens (tertiary/aromatic N) is 2. The second-order valence-corrected chi connectivity index (χ2v) is 7.12. The predicted octanol–water partition coefficient (Wildman–Crippen LogP) is 1.88. The van der Waals surface area contributed by atoms with E-state index in [1.54, 1.807) is 0 Å². The summed E-state index contributed by atoms with van der Waals surface area (Å²) in [5.74, 6) is 1.31. The zero-order valence-electron chi connectivity index (χ0n) is 14.1. The smallest absolute Gasteiger partial charge is 0.229 e. The quantitative estimate of drug-likeness (QED) is 0.914. The van der Waals surface area contributed by atoms with Gasteiger partial charge in [-0.15, -0.1) is 0 Å². The molecule has 1 spiro atoms. The number of aromatic nitrogens is 2. The van der Waals surface area contributed by atoms with Gasteiger partial charge in [-0.05, 0) is 39.5 Å². The number of rotatable bonds is 3. The summed E-state index contributed by atoms with van der Waals surface area (Å²) in [6.07, 6.45) is 3.80. The Morgan fingerprint density at radius 3 is 2.65 bits per heavy atom. The highest BCUT2D eigenvalue weighted by Crippen LogP contribution is 2.40. The third-order valence-corrected chi connectivity index (χ3v) is 4.74. The number of carbonyl (C=O) groups excluding carboxylic acids is 1. The third-order valence-electron chi connectivity index (χ3n) is 4.74. The molecule has 1 N–H and O–H groups in total. The van der Waals surface area contributed by atoms with Crippen molar-refractivity contribution in [2.75, 3.05) is 19.8 Å². The van der Waals surface area contributed by atoms with Crippen LogP contribution in [0.3, 0.4) is 0 Å². The number of hydrogen-bond donors (Lipinski definition) is 1. The van der Waals surface area contributed by atoms with E-state index in [0.717, 1.165) is 25.7 Å². The Kier molecular flexibility index (Phi) is 4.42. The minimum absolute atomic E-state index is 0.115. The standard InChI is InChI=1S/C16H25N3O4/c1-11(20)18-15(2,3)14-17-13(23-19-14)12-4-6-16(7-5-12)10-21-8-9-22-16/h12H,4-10H2,1-3H3,(H,18,20). The molecule has 0 unspecified atom stereocenters. The first-order valence-electron chi connectivity index (χ1n) is 8.25. The molecule has 1 aliphatic carbocycles. The molecule has 7 nitrogen and oxygen atoms in total. The SMILES string of the molecule is CC(=O)NC(C)(C)c1noc(C2CCC3(CC2)COCCO3)n1. The van der Waals surface area contributed by atoms with E-state index in [4.69, 9.17) is 14.0 Å². The second kappa shape index (κ2) is 6.20. The lowest BCUT2D eigenvalue weighted by Crippen LogP contribution is -2.45. The molecule has 128 valence electrons. The maximum Gasteiger partial charge on any atom is 0.229 e. The first-order chi connectivity index (χ1) is 10.9. The molecular formula is C16H25N3O4. The summed E-state index contributed by atoms with van der Waals surface area (Å²) in [6.45, 7) is 7.27. The van der Waals surface area contributed by atoms with Gasteiger partial charge in [0.25, 0.3) is 0 Å². The van der Waals surface area contributed by atoms with E-state index in [1.807, 2.05) is 13.8 Å². The Balaban J connectivity index is 1.64. The van der Waals surface area contributed by atoms with Crippen LogP contribution in [0.2, 0.25) is 0 Å². The molecular weight excluding hydrogens is 298 g/mol. The van der Waals surface area contributed by atoms with Crippen LogP contribution < -0.4 is 5.32 Å². The zero-order chi connectivity index (χ0) is 16.5. The topological polar surface area (TPSA) is 86.5 Å². The molecule has 2 fully saturated rings. The van der Waals surface area contributed by atoms with Crippen molar-refractivity contribution in [3.8, 4) is 0 Å². The Labute approximate surface area is 136 Å². The lowest BCUT2D eigenvalue weighted by atomic mass is 9.78. The Hall–Kier alpha value is -1.47. The average molecular weight is 323 g/mol. The van der Waals surface area contributed by atoms with Gasteiger partial charge in [-0.2, -0.15) is 4.98 Å². The number of ether oxygens (including phenoxy) is 2. The van der Waals surface area contributed by atoms with Gasteiger partial charge < -0.3 is 19.3 Å². The van der Waals surface area contributed by atoms with E-state index >= 15 is 0 Å². The monoisotopic (exact) mass is 323 g/mol. The summed E-state index contributed by atoms with van der Waals surface area (Å²) >= 11 is 0. The van der Waals surface area contributed by atoms with E-state index < -0.39 is 5.54 Å². The van der Waals surface area contributed by atoms with Crippen molar-refractivity contribution in [3.05, 3.63) is 11.7 Å². The molecule has 0 radical (unpaired) electrons. The number of nitrogens with one attached hydrogen (secondary N) is 1. The largest absolute Gasteiger partial charge is 0.376 e. The van der Waals surface area contributed by atoms with Crippen LogP contribution in [0, 0.1) is 0 Å². The zero-order valence-corrected chi connectivity index (χ0v) is 14.1. The molecule has 1 aromatic heterocycles. The van der Waals surface area contributed by atoms with Crippen LogP contribution in [0.5, 0.6) is 0 Å². The molecule has 7 heteroatoms. The fraction of sp³-hybridized carbons (Fsp3) is 0.812. The maximum atomic E-state index is 11.3. The van der Waals surface area contributed by atoms with E-state index in [-0.39, 0.29) is 17.4 Å². The summed E-state index contributed by atoms with van der Waals surface area (Å²) in [7, 11) is 0. The molecule has 1 amide bonds. The van der Waals surface area contributed by atoms with Gasteiger partial charge in [-0.3, -0.25) is 4.79 Å². The van der Waals surface area contributed by atoms with Crippen molar-refractivity contribution in [2.45, 2.75) is 63.5 Å². The highest BCUT2D eigenvalue weighted by atomic mass is 16.6. The van der Waals surface area contributed by atoms with Crippen LogP contribution in [0.15, 0.2) is 4.52 Å². The second-order valence-electron chi connectivity index (χ2n) is 7.12. The predicted molar refractivity (Wildman–Crippen MR) is 81.9 cm³/mol. The average Bonchev–Trinajstić information content (AvgIpc) is 2.98. The molecule has 1 aliphatic heterocycles. The number of amides is 1. The van der Waals surface area contributed by atoms with Crippen LogP contribution in [0.25, 0.3) is 0 Å². The summed E-state index contributed by atoms with van der Waals surface area (Å²) < 4.78 is 17.0. The van der Waals surface area contributed by atoms with Crippen molar-refractivity contribution in [3.63, 3.8) is 0 Å². The minimum atomic E-state index is -0.635.